The first-order chi connectivity index (χ1) is 14.4. The summed E-state index contributed by atoms with van der Waals surface area (Å²) >= 11 is 5.07. The van der Waals surface area contributed by atoms with E-state index in [1.165, 1.54) is 0 Å². The first-order valence-electron chi connectivity index (χ1n) is 9.76. The van der Waals surface area contributed by atoms with Gasteiger partial charge in [-0.25, -0.2) is 0 Å². The number of hydrazine groups is 1. The summed E-state index contributed by atoms with van der Waals surface area (Å²) in [5.74, 6) is 0.922. The highest BCUT2D eigenvalue weighted by Crippen LogP contribution is 2.14. The van der Waals surface area contributed by atoms with Gasteiger partial charge in [-0.05, 0) is 67.0 Å². The van der Waals surface area contributed by atoms with Gasteiger partial charge >= 0.3 is 0 Å². The lowest BCUT2D eigenvalue weighted by Gasteiger charge is -2.12. The number of carbonyl (C=O) groups is 2. The van der Waals surface area contributed by atoms with Crippen molar-refractivity contribution in [1.82, 2.24) is 16.2 Å². The van der Waals surface area contributed by atoms with Gasteiger partial charge in [0.25, 0.3) is 11.8 Å². The van der Waals surface area contributed by atoms with Gasteiger partial charge in [0.15, 0.2) is 5.11 Å². The minimum Gasteiger partial charge on any atom is -0.494 e. The standard InChI is InChI=1S/C22H27N3O4S/c1-4-12-28-19-7-5-6-17(13-19)20(26)23-22(30)25-24-21(27)16-8-10-18(11-9-16)29-14-15(2)3/h5-11,13,15H,4,12,14H2,1-3H3,(H,24,27)(H2,23,25,26,30). The summed E-state index contributed by atoms with van der Waals surface area (Å²) in [6, 6.07) is 13.5. The second-order valence-electron chi connectivity index (χ2n) is 6.97. The second kappa shape index (κ2) is 11.8. The molecule has 0 aliphatic heterocycles. The zero-order valence-electron chi connectivity index (χ0n) is 17.4. The van der Waals surface area contributed by atoms with Gasteiger partial charge in [-0.2, -0.15) is 0 Å². The number of thiocarbonyl (C=S) groups is 1. The maximum absolute atomic E-state index is 12.3. The number of rotatable bonds is 8. The van der Waals surface area contributed by atoms with E-state index >= 15 is 0 Å². The van der Waals surface area contributed by atoms with Crippen molar-refractivity contribution >= 4 is 29.1 Å². The van der Waals surface area contributed by atoms with Gasteiger partial charge in [-0.3, -0.25) is 25.8 Å². The van der Waals surface area contributed by atoms with Gasteiger partial charge in [-0.15, -0.1) is 0 Å². The fraction of sp³-hybridized carbons (Fsp3) is 0.318. The Morgan fingerprint density at radius 3 is 2.33 bits per heavy atom. The fourth-order valence-electron chi connectivity index (χ4n) is 2.30. The molecule has 0 atom stereocenters. The second-order valence-corrected chi connectivity index (χ2v) is 7.38. The Kier molecular flexibility index (Phi) is 9.08. The van der Waals surface area contributed by atoms with Crippen LogP contribution in [-0.2, 0) is 0 Å². The Labute approximate surface area is 182 Å². The monoisotopic (exact) mass is 429 g/mol. The van der Waals surface area contributed by atoms with Gasteiger partial charge in [0, 0.05) is 11.1 Å². The van der Waals surface area contributed by atoms with Crippen molar-refractivity contribution in [1.29, 1.82) is 0 Å². The largest absolute Gasteiger partial charge is 0.494 e. The van der Waals surface area contributed by atoms with Crippen LogP contribution in [0.25, 0.3) is 0 Å². The maximum atomic E-state index is 12.3. The van der Waals surface area contributed by atoms with Crippen LogP contribution in [0.4, 0.5) is 0 Å². The molecule has 0 radical (unpaired) electrons. The Hall–Kier alpha value is -3.13. The molecule has 2 aromatic carbocycles. The molecule has 2 aromatic rings. The quantitative estimate of drug-likeness (QED) is 0.440. The summed E-state index contributed by atoms with van der Waals surface area (Å²) in [5, 5.41) is 2.49. The molecular formula is C22H27N3O4S. The maximum Gasteiger partial charge on any atom is 0.269 e. The third kappa shape index (κ3) is 7.71. The zero-order valence-corrected chi connectivity index (χ0v) is 18.2. The number of amides is 2. The highest BCUT2D eigenvalue weighted by atomic mass is 32.1. The molecule has 2 amide bonds. The Morgan fingerprint density at radius 1 is 0.933 bits per heavy atom. The van der Waals surface area contributed by atoms with E-state index in [4.69, 9.17) is 21.7 Å². The molecule has 0 unspecified atom stereocenters. The van der Waals surface area contributed by atoms with Crippen molar-refractivity contribution in [3.8, 4) is 11.5 Å². The minimum absolute atomic E-state index is 0.0230. The van der Waals surface area contributed by atoms with Crippen LogP contribution in [0.15, 0.2) is 48.5 Å². The number of hydrogen-bond acceptors (Lipinski definition) is 5. The van der Waals surface area contributed by atoms with Crippen molar-refractivity contribution in [3.63, 3.8) is 0 Å². The molecule has 160 valence electrons. The zero-order chi connectivity index (χ0) is 21.9. The van der Waals surface area contributed by atoms with Crippen LogP contribution in [0.3, 0.4) is 0 Å². The van der Waals surface area contributed by atoms with Gasteiger partial charge < -0.3 is 9.47 Å². The minimum atomic E-state index is -0.407. The molecular weight excluding hydrogens is 402 g/mol. The van der Waals surface area contributed by atoms with Crippen molar-refractivity contribution in [2.75, 3.05) is 13.2 Å². The lowest BCUT2D eigenvalue weighted by molar-refractivity contribution is 0.0934. The van der Waals surface area contributed by atoms with Crippen molar-refractivity contribution < 1.29 is 19.1 Å². The summed E-state index contributed by atoms with van der Waals surface area (Å²) in [7, 11) is 0. The van der Waals surface area contributed by atoms with E-state index in [0.717, 1.165) is 6.42 Å². The van der Waals surface area contributed by atoms with E-state index in [0.29, 0.717) is 41.8 Å². The fourth-order valence-corrected chi connectivity index (χ4v) is 2.45. The molecule has 0 aliphatic carbocycles. The third-order valence-electron chi connectivity index (χ3n) is 3.79. The highest BCUT2D eigenvalue weighted by molar-refractivity contribution is 7.80. The molecule has 0 saturated heterocycles. The lowest BCUT2D eigenvalue weighted by atomic mass is 10.2. The van der Waals surface area contributed by atoms with Gasteiger partial charge in [0.2, 0.25) is 0 Å². The Bertz CT molecular complexity index is 869. The van der Waals surface area contributed by atoms with E-state index in [9.17, 15) is 9.59 Å². The summed E-state index contributed by atoms with van der Waals surface area (Å²) in [6.07, 6.45) is 0.873. The van der Waals surface area contributed by atoms with E-state index in [-0.39, 0.29) is 5.11 Å². The number of carbonyl (C=O) groups excluding carboxylic acids is 2. The molecule has 7 nitrogen and oxygen atoms in total. The Morgan fingerprint density at radius 2 is 1.67 bits per heavy atom. The molecule has 0 heterocycles. The smallest absolute Gasteiger partial charge is 0.269 e. The molecule has 0 fully saturated rings. The normalized spacial score (nSPS) is 10.3. The SMILES string of the molecule is CCCOc1cccc(C(=O)NC(=S)NNC(=O)c2ccc(OCC(C)C)cc2)c1. The molecule has 0 spiro atoms. The third-order valence-corrected chi connectivity index (χ3v) is 3.99. The highest BCUT2D eigenvalue weighted by Gasteiger charge is 2.11. The topological polar surface area (TPSA) is 88.7 Å². The van der Waals surface area contributed by atoms with Crippen molar-refractivity contribution in [3.05, 3.63) is 59.7 Å². The van der Waals surface area contributed by atoms with Crippen LogP contribution in [-0.4, -0.2) is 30.1 Å². The van der Waals surface area contributed by atoms with E-state index < -0.39 is 11.8 Å². The van der Waals surface area contributed by atoms with Gasteiger partial charge in [0.05, 0.1) is 13.2 Å². The number of benzene rings is 2. The number of ether oxygens (including phenoxy) is 2. The molecule has 0 aromatic heterocycles. The molecule has 2 rings (SSSR count). The summed E-state index contributed by atoms with van der Waals surface area (Å²) in [6.45, 7) is 7.30. The van der Waals surface area contributed by atoms with Crippen LogP contribution in [0.2, 0.25) is 0 Å². The van der Waals surface area contributed by atoms with Crippen LogP contribution in [0, 0.1) is 5.92 Å². The summed E-state index contributed by atoms with van der Waals surface area (Å²) in [4.78, 5) is 24.5. The van der Waals surface area contributed by atoms with Crippen LogP contribution >= 0.6 is 12.2 Å². The van der Waals surface area contributed by atoms with Crippen LogP contribution < -0.4 is 25.6 Å². The van der Waals surface area contributed by atoms with Crippen LogP contribution in [0.5, 0.6) is 11.5 Å². The first-order valence-corrected chi connectivity index (χ1v) is 10.2. The van der Waals surface area contributed by atoms with E-state index in [1.54, 1.807) is 48.5 Å². The van der Waals surface area contributed by atoms with Gasteiger partial charge in [0.1, 0.15) is 11.5 Å². The average Bonchev–Trinajstić information content (AvgIpc) is 2.75. The summed E-state index contributed by atoms with van der Waals surface area (Å²) in [5.41, 5.74) is 5.80. The number of hydrogen-bond donors (Lipinski definition) is 3. The predicted octanol–water partition coefficient (Wildman–Crippen LogP) is 3.46. The molecule has 0 saturated carbocycles. The van der Waals surface area contributed by atoms with E-state index in [2.05, 4.69) is 30.0 Å². The Balaban J connectivity index is 1.82. The van der Waals surface area contributed by atoms with E-state index in [1.807, 2.05) is 6.92 Å². The van der Waals surface area contributed by atoms with Crippen molar-refractivity contribution in [2.45, 2.75) is 27.2 Å². The molecule has 8 heteroatoms. The van der Waals surface area contributed by atoms with Gasteiger partial charge in [-0.1, -0.05) is 26.8 Å². The van der Waals surface area contributed by atoms with Crippen molar-refractivity contribution in [2.24, 2.45) is 5.92 Å². The average molecular weight is 430 g/mol. The molecule has 30 heavy (non-hydrogen) atoms. The first kappa shape index (κ1) is 23.2. The molecule has 3 N–H and O–H groups in total. The molecule has 0 aliphatic rings. The lowest BCUT2D eigenvalue weighted by Crippen LogP contribution is -2.48. The predicted molar refractivity (Wildman–Crippen MR) is 120 cm³/mol. The number of nitrogens with one attached hydrogen (secondary N) is 3. The summed E-state index contributed by atoms with van der Waals surface area (Å²) < 4.78 is 11.1. The van der Waals surface area contributed by atoms with Crippen LogP contribution in [0.1, 0.15) is 47.9 Å². The molecule has 0 bridgehead atoms.